The molecule has 0 aliphatic heterocycles. The van der Waals surface area contributed by atoms with E-state index in [2.05, 4.69) is 16.5 Å². The van der Waals surface area contributed by atoms with Crippen molar-refractivity contribution in [3.05, 3.63) is 65.7 Å². The fraction of sp³-hybridized carbons (Fsp3) is 0.133. The summed E-state index contributed by atoms with van der Waals surface area (Å²) in [6.07, 6.45) is 1.79. The van der Waals surface area contributed by atoms with Gasteiger partial charge in [0.05, 0.1) is 5.52 Å². The van der Waals surface area contributed by atoms with Gasteiger partial charge in [0.25, 0.3) is 0 Å². The SMILES string of the molecule is Cc1ccc(C(NN)c2ccc3ncccc3c2)o1. The summed E-state index contributed by atoms with van der Waals surface area (Å²) in [6, 6.07) is 13.8. The van der Waals surface area contributed by atoms with Crippen LogP contribution in [0.1, 0.15) is 23.1 Å². The molecule has 1 unspecified atom stereocenters. The largest absolute Gasteiger partial charge is 0.464 e. The lowest BCUT2D eigenvalue weighted by Crippen LogP contribution is -2.28. The molecule has 0 bridgehead atoms. The minimum absolute atomic E-state index is 0.154. The van der Waals surface area contributed by atoms with E-state index in [9.17, 15) is 0 Å². The van der Waals surface area contributed by atoms with Crippen LogP contribution in [-0.4, -0.2) is 4.98 Å². The predicted octanol–water partition coefficient (Wildman–Crippen LogP) is 2.69. The number of furan rings is 1. The number of nitrogens with one attached hydrogen (secondary N) is 1. The highest BCUT2D eigenvalue weighted by molar-refractivity contribution is 5.79. The van der Waals surface area contributed by atoms with Crippen molar-refractivity contribution in [1.29, 1.82) is 0 Å². The number of rotatable bonds is 3. The second-order valence-electron chi connectivity index (χ2n) is 4.50. The van der Waals surface area contributed by atoms with Crippen molar-refractivity contribution in [2.24, 2.45) is 5.84 Å². The molecule has 0 saturated carbocycles. The number of hydrogen-bond acceptors (Lipinski definition) is 4. The van der Waals surface area contributed by atoms with Crippen molar-refractivity contribution < 1.29 is 4.42 Å². The third-order valence-electron chi connectivity index (χ3n) is 3.17. The molecule has 0 spiro atoms. The zero-order valence-corrected chi connectivity index (χ0v) is 10.6. The smallest absolute Gasteiger partial charge is 0.126 e. The number of nitrogens with two attached hydrogens (primary N) is 1. The Kier molecular flexibility index (Phi) is 3.03. The molecule has 0 fully saturated rings. The molecular formula is C15H15N3O. The number of aromatic nitrogens is 1. The summed E-state index contributed by atoms with van der Waals surface area (Å²) >= 11 is 0. The Morgan fingerprint density at radius 3 is 2.84 bits per heavy atom. The molecule has 0 amide bonds. The van der Waals surface area contributed by atoms with Gasteiger partial charge in [-0.15, -0.1) is 0 Å². The Labute approximate surface area is 111 Å². The first kappa shape index (κ1) is 11.9. The molecular weight excluding hydrogens is 238 g/mol. The van der Waals surface area contributed by atoms with Gasteiger partial charge in [0, 0.05) is 11.6 Å². The topological polar surface area (TPSA) is 64.1 Å². The number of nitrogens with zero attached hydrogens (tertiary/aromatic N) is 1. The van der Waals surface area contributed by atoms with Crippen molar-refractivity contribution in [1.82, 2.24) is 10.4 Å². The van der Waals surface area contributed by atoms with Crippen molar-refractivity contribution in [2.75, 3.05) is 0 Å². The van der Waals surface area contributed by atoms with Crippen molar-refractivity contribution in [2.45, 2.75) is 13.0 Å². The van der Waals surface area contributed by atoms with Crippen molar-refractivity contribution in [3.63, 3.8) is 0 Å². The van der Waals surface area contributed by atoms with Gasteiger partial charge in [-0.3, -0.25) is 10.8 Å². The molecule has 1 aromatic carbocycles. The Bertz CT molecular complexity index is 705. The van der Waals surface area contributed by atoms with Crippen molar-refractivity contribution in [3.8, 4) is 0 Å². The van der Waals surface area contributed by atoms with Gasteiger partial charge in [-0.2, -0.15) is 0 Å². The highest BCUT2D eigenvalue weighted by Crippen LogP contribution is 2.25. The van der Waals surface area contributed by atoms with Gasteiger partial charge in [0.15, 0.2) is 0 Å². The van der Waals surface area contributed by atoms with Gasteiger partial charge in [-0.25, -0.2) is 5.43 Å². The minimum Gasteiger partial charge on any atom is -0.464 e. The van der Waals surface area contributed by atoms with E-state index >= 15 is 0 Å². The molecule has 3 N–H and O–H groups in total. The van der Waals surface area contributed by atoms with Crippen LogP contribution < -0.4 is 11.3 Å². The van der Waals surface area contributed by atoms with Crippen LogP contribution in [-0.2, 0) is 0 Å². The molecule has 0 aliphatic rings. The molecule has 0 radical (unpaired) electrons. The summed E-state index contributed by atoms with van der Waals surface area (Å²) in [6.45, 7) is 1.92. The summed E-state index contributed by atoms with van der Waals surface area (Å²) < 4.78 is 5.64. The summed E-state index contributed by atoms with van der Waals surface area (Å²) in [5, 5.41) is 1.09. The fourth-order valence-electron chi connectivity index (χ4n) is 2.22. The number of pyridine rings is 1. The second kappa shape index (κ2) is 4.84. The molecule has 4 nitrogen and oxygen atoms in total. The molecule has 0 aliphatic carbocycles. The van der Waals surface area contributed by atoms with Gasteiger partial charge in [-0.05, 0) is 42.8 Å². The highest BCUT2D eigenvalue weighted by Gasteiger charge is 2.16. The maximum Gasteiger partial charge on any atom is 0.126 e. The first-order valence-electron chi connectivity index (χ1n) is 6.15. The van der Waals surface area contributed by atoms with Crippen LogP contribution >= 0.6 is 0 Å². The first-order chi connectivity index (χ1) is 9.28. The van der Waals surface area contributed by atoms with Gasteiger partial charge in [0.2, 0.25) is 0 Å². The van der Waals surface area contributed by atoms with Gasteiger partial charge in [-0.1, -0.05) is 12.1 Å². The zero-order valence-electron chi connectivity index (χ0n) is 10.6. The molecule has 3 aromatic rings. The summed E-state index contributed by atoms with van der Waals surface area (Å²) in [7, 11) is 0. The van der Waals surface area contributed by atoms with Crippen LogP contribution in [0.5, 0.6) is 0 Å². The van der Waals surface area contributed by atoms with E-state index in [1.807, 2.05) is 43.3 Å². The van der Waals surface area contributed by atoms with Crippen LogP contribution in [0, 0.1) is 6.92 Å². The fourth-order valence-corrected chi connectivity index (χ4v) is 2.22. The van der Waals surface area contributed by atoms with E-state index in [1.54, 1.807) is 6.20 Å². The van der Waals surface area contributed by atoms with E-state index in [0.29, 0.717) is 0 Å². The molecule has 0 saturated heterocycles. The van der Waals surface area contributed by atoms with E-state index in [0.717, 1.165) is 28.0 Å². The van der Waals surface area contributed by atoms with Gasteiger partial charge in [0.1, 0.15) is 17.6 Å². The van der Waals surface area contributed by atoms with Gasteiger partial charge < -0.3 is 4.42 Å². The highest BCUT2D eigenvalue weighted by atomic mass is 16.3. The van der Waals surface area contributed by atoms with Crippen molar-refractivity contribution >= 4 is 10.9 Å². The van der Waals surface area contributed by atoms with Crippen LogP contribution in [0.3, 0.4) is 0 Å². The summed E-state index contributed by atoms with van der Waals surface area (Å²) in [4.78, 5) is 4.31. The Morgan fingerprint density at radius 2 is 2.11 bits per heavy atom. The third-order valence-corrected chi connectivity index (χ3v) is 3.17. The Hall–Kier alpha value is -2.17. The summed E-state index contributed by atoms with van der Waals surface area (Å²) in [5.74, 6) is 7.35. The second-order valence-corrected chi connectivity index (χ2v) is 4.50. The van der Waals surface area contributed by atoms with E-state index in [-0.39, 0.29) is 6.04 Å². The van der Waals surface area contributed by atoms with Crippen LogP contribution in [0.25, 0.3) is 10.9 Å². The lowest BCUT2D eigenvalue weighted by molar-refractivity contribution is 0.435. The molecule has 3 rings (SSSR count). The lowest BCUT2D eigenvalue weighted by Gasteiger charge is -2.14. The third kappa shape index (κ3) is 2.23. The Balaban J connectivity index is 2.06. The number of hydrazine groups is 1. The minimum atomic E-state index is -0.154. The quantitative estimate of drug-likeness (QED) is 0.556. The lowest BCUT2D eigenvalue weighted by atomic mass is 10.0. The van der Waals surface area contributed by atoms with Crippen LogP contribution in [0.2, 0.25) is 0 Å². The molecule has 1 atom stereocenters. The van der Waals surface area contributed by atoms with E-state index in [4.69, 9.17) is 10.3 Å². The first-order valence-corrected chi connectivity index (χ1v) is 6.15. The maximum atomic E-state index is 5.66. The van der Waals surface area contributed by atoms with E-state index in [1.165, 1.54) is 0 Å². The monoisotopic (exact) mass is 253 g/mol. The zero-order chi connectivity index (χ0) is 13.2. The molecule has 96 valence electrons. The number of hydrogen-bond donors (Lipinski definition) is 2. The maximum absolute atomic E-state index is 5.66. The van der Waals surface area contributed by atoms with E-state index < -0.39 is 0 Å². The molecule has 2 heterocycles. The Morgan fingerprint density at radius 1 is 1.21 bits per heavy atom. The average molecular weight is 253 g/mol. The van der Waals surface area contributed by atoms with Gasteiger partial charge >= 0.3 is 0 Å². The van der Waals surface area contributed by atoms with Crippen LogP contribution in [0.4, 0.5) is 0 Å². The molecule has 2 aromatic heterocycles. The summed E-state index contributed by atoms with van der Waals surface area (Å²) in [5.41, 5.74) is 4.82. The number of benzene rings is 1. The number of fused-ring (bicyclic) bond motifs is 1. The average Bonchev–Trinajstić information content (AvgIpc) is 2.86. The van der Waals surface area contributed by atoms with Crippen LogP contribution in [0.15, 0.2) is 53.1 Å². The molecule has 4 heteroatoms. The number of aryl methyl sites for hydroxylation is 1. The standard InChI is InChI=1S/C15H15N3O/c1-10-4-7-14(19-10)15(18-16)12-5-6-13-11(9-12)3-2-8-17-13/h2-9,15,18H,16H2,1H3. The molecule has 19 heavy (non-hydrogen) atoms. The normalized spacial score (nSPS) is 12.7. The predicted molar refractivity (Wildman–Crippen MR) is 74.4 cm³/mol.